The molecule has 32 heavy (non-hydrogen) atoms. The van der Waals surface area contributed by atoms with Crippen molar-refractivity contribution in [3.8, 4) is 0 Å². The van der Waals surface area contributed by atoms with Crippen molar-refractivity contribution in [1.29, 1.82) is 0 Å². The highest BCUT2D eigenvalue weighted by Gasteiger charge is 2.34. The van der Waals surface area contributed by atoms with E-state index in [2.05, 4.69) is 32.9 Å². The van der Waals surface area contributed by atoms with Gasteiger partial charge in [0.1, 0.15) is 0 Å². The fourth-order valence-corrected chi connectivity index (χ4v) is 4.61. The van der Waals surface area contributed by atoms with Crippen molar-refractivity contribution < 1.29 is 9.59 Å². The maximum atomic E-state index is 13.1. The number of nitrogens with one attached hydrogen (secondary N) is 1. The molecule has 0 saturated carbocycles. The van der Waals surface area contributed by atoms with Gasteiger partial charge >= 0.3 is 0 Å². The van der Waals surface area contributed by atoms with Crippen LogP contribution >= 0.6 is 27.7 Å². The summed E-state index contributed by atoms with van der Waals surface area (Å²) in [6.07, 6.45) is 1.81. The Balaban J connectivity index is 1.57. The summed E-state index contributed by atoms with van der Waals surface area (Å²) in [5.41, 5.74) is 3.87. The zero-order valence-corrected chi connectivity index (χ0v) is 19.6. The molecule has 4 rings (SSSR count). The number of aromatic nitrogens is 2. The second kappa shape index (κ2) is 9.70. The molecule has 1 fully saturated rings. The average molecular weight is 513 g/mol. The Morgan fingerprint density at radius 3 is 2.78 bits per heavy atom. The number of thioether (sulfide) groups is 1. The highest BCUT2D eigenvalue weighted by Crippen LogP contribution is 2.23. The Morgan fingerprint density at radius 2 is 2.03 bits per heavy atom. The second-order valence-corrected chi connectivity index (χ2v) is 9.34. The van der Waals surface area contributed by atoms with Crippen LogP contribution in [0.15, 0.2) is 75.6 Å². The molecular weight excluding hydrogens is 492 g/mol. The number of rotatable bonds is 7. The van der Waals surface area contributed by atoms with Crippen LogP contribution in [0, 0.1) is 5.92 Å². The molecule has 1 N–H and O–H groups in total. The molecule has 1 aliphatic rings. The number of likely N-dealkylation sites (tertiary alicyclic amines) is 1. The van der Waals surface area contributed by atoms with Gasteiger partial charge in [0.15, 0.2) is 5.16 Å². The van der Waals surface area contributed by atoms with E-state index in [-0.39, 0.29) is 23.8 Å². The normalized spacial score (nSPS) is 15.8. The average Bonchev–Trinajstić information content (AvgIpc) is 3.15. The molecule has 1 saturated heterocycles. The Kier molecular flexibility index (Phi) is 6.76. The minimum absolute atomic E-state index is 0.0795. The van der Waals surface area contributed by atoms with Gasteiger partial charge in [-0.1, -0.05) is 64.1 Å². The summed E-state index contributed by atoms with van der Waals surface area (Å²) in [5.74, 6) is -0.482. The highest BCUT2D eigenvalue weighted by molar-refractivity contribution is 9.10. The van der Waals surface area contributed by atoms with Gasteiger partial charge in [0.05, 0.1) is 16.8 Å². The molecule has 0 radical (unpaired) electrons. The maximum absolute atomic E-state index is 13.1. The predicted molar refractivity (Wildman–Crippen MR) is 129 cm³/mol. The fraction of sp³-hybridized carbons (Fsp3) is 0.217. The van der Waals surface area contributed by atoms with E-state index in [1.54, 1.807) is 29.2 Å². The van der Waals surface area contributed by atoms with Gasteiger partial charge in [-0.25, -0.2) is 4.98 Å². The topological polar surface area (TPSA) is 84.3 Å². The smallest absolute Gasteiger partial charge is 0.281 e. The third kappa shape index (κ3) is 4.78. The minimum atomic E-state index is -0.545. The number of carbonyl (C=O) groups excluding carboxylic acids is 2. The number of benzene rings is 2. The molecule has 0 bridgehead atoms. The van der Waals surface area contributed by atoms with Gasteiger partial charge in [-0.2, -0.15) is 4.68 Å². The van der Waals surface area contributed by atoms with Gasteiger partial charge in [-0.15, -0.1) is 6.58 Å². The van der Waals surface area contributed by atoms with Crippen LogP contribution in [0.5, 0.6) is 0 Å². The van der Waals surface area contributed by atoms with E-state index in [9.17, 15) is 14.4 Å². The molecular formula is C23H21BrN4O3S. The molecule has 164 valence electrons. The van der Waals surface area contributed by atoms with Crippen molar-refractivity contribution in [2.75, 3.05) is 17.7 Å². The van der Waals surface area contributed by atoms with E-state index in [4.69, 9.17) is 0 Å². The quantitative estimate of drug-likeness (QED) is 0.297. The monoisotopic (exact) mass is 512 g/mol. The summed E-state index contributed by atoms with van der Waals surface area (Å²) in [6, 6.07) is 14.8. The summed E-state index contributed by atoms with van der Waals surface area (Å²) in [5, 5.41) is 0.754. The number of carbonyl (C=O) groups is 2. The van der Waals surface area contributed by atoms with Crippen LogP contribution in [0.1, 0.15) is 12.0 Å². The second-order valence-electron chi connectivity index (χ2n) is 7.43. The Bertz CT molecular complexity index is 1250. The summed E-state index contributed by atoms with van der Waals surface area (Å²) in [6.45, 7) is 4.46. The van der Waals surface area contributed by atoms with Crippen LogP contribution < -0.4 is 11.0 Å². The molecule has 1 aromatic heterocycles. The SMILES string of the molecule is C=CCSc1nc2cc(Br)ccc2c(=O)n1NC(=O)C1CC(=O)N(Cc2ccccc2)C1. The molecule has 7 nitrogen and oxygen atoms in total. The standard InChI is InChI=1S/C23H21BrN4O3S/c1-2-10-32-23-25-19-12-17(24)8-9-18(19)22(31)28(23)26-21(30)16-11-20(29)27(14-16)13-15-6-4-3-5-7-15/h2-9,12,16H,1,10-11,13-14H2,(H,26,30). The fourth-order valence-electron chi connectivity index (χ4n) is 3.57. The first-order valence-electron chi connectivity index (χ1n) is 10.0. The van der Waals surface area contributed by atoms with Gasteiger partial charge in [0, 0.05) is 29.7 Å². The van der Waals surface area contributed by atoms with Crippen molar-refractivity contribution in [2.45, 2.75) is 18.1 Å². The van der Waals surface area contributed by atoms with Gasteiger partial charge in [0.25, 0.3) is 5.56 Å². The minimum Gasteiger partial charge on any atom is -0.338 e. The lowest BCUT2D eigenvalue weighted by Crippen LogP contribution is -2.39. The van der Waals surface area contributed by atoms with E-state index in [0.717, 1.165) is 10.0 Å². The lowest BCUT2D eigenvalue weighted by Gasteiger charge is -2.18. The third-order valence-corrected chi connectivity index (χ3v) is 6.58. The van der Waals surface area contributed by atoms with Crippen LogP contribution in [0.25, 0.3) is 10.9 Å². The molecule has 3 aromatic rings. The molecule has 2 aromatic carbocycles. The van der Waals surface area contributed by atoms with Gasteiger partial charge in [0.2, 0.25) is 11.8 Å². The van der Waals surface area contributed by atoms with Gasteiger partial charge < -0.3 is 4.90 Å². The van der Waals surface area contributed by atoms with Crippen LogP contribution in [0.4, 0.5) is 0 Å². The Morgan fingerprint density at radius 1 is 1.25 bits per heavy atom. The highest BCUT2D eigenvalue weighted by atomic mass is 79.9. The predicted octanol–water partition coefficient (Wildman–Crippen LogP) is 3.56. The van der Waals surface area contributed by atoms with Crippen molar-refractivity contribution in [3.63, 3.8) is 0 Å². The molecule has 2 heterocycles. The van der Waals surface area contributed by atoms with Crippen LogP contribution in [-0.2, 0) is 16.1 Å². The number of halogens is 1. The molecule has 1 atom stereocenters. The first kappa shape index (κ1) is 22.3. The first-order chi connectivity index (χ1) is 15.5. The van der Waals surface area contributed by atoms with Crippen LogP contribution in [0.3, 0.4) is 0 Å². The largest absolute Gasteiger partial charge is 0.338 e. The lowest BCUT2D eigenvalue weighted by atomic mass is 10.1. The van der Waals surface area contributed by atoms with Crippen molar-refractivity contribution in [2.24, 2.45) is 5.92 Å². The molecule has 0 spiro atoms. The molecule has 2 amide bonds. The zero-order valence-electron chi connectivity index (χ0n) is 17.2. The van der Waals surface area contributed by atoms with E-state index < -0.39 is 5.92 Å². The van der Waals surface area contributed by atoms with Crippen LogP contribution in [0.2, 0.25) is 0 Å². The van der Waals surface area contributed by atoms with E-state index in [1.165, 1.54) is 16.4 Å². The van der Waals surface area contributed by atoms with Crippen LogP contribution in [-0.4, -0.2) is 38.7 Å². The summed E-state index contributed by atoms with van der Waals surface area (Å²) in [4.78, 5) is 44.8. The summed E-state index contributed by atoms with van der Waals surface area (Å²) in [7, 11) is 0. The van der Waals surface area contributed by atoms with Gasteiger partial charge in [-0.05, 0) is 23.8 Å². The van der Waals surface area contributed by atoms with Gasteiger partial charge in [-0.3, -0.25) is 19.8 Å². The Labute approximate surface area is 197 Å². The zero-order chi connectivity index (χ0) is 22.7. The van der Waals surface area contributed by atoms with Crippen molar-refractivity contribution >= 4 is 50.4 Å². The summed E-state index contributed by atoms with van der Waals surface area (Å²) < 4.78 is 1.98. The summed E-state index contributed by atoms with van der Waals surface area (Å²) >= 11 is 4.69. The number of hydrogen-bond acceptors (Lipinski definition) is 5. The molecule has 1 unspecified atom stereocenters. The van der Waals surface area contributed by atoms with E-state index in [1.807, 2.05) is 30.3 Å². The number of amides is 2. The maximum Gasteiger partial charge on any atom is 0.281 e. The van der Waals surface area contributed by atoms with Crippen molar-refractivity contribution in [1.82, 2.24) is 14.6 Å². The van der Waals surface area contributed by atoms with E-state index in [0.29, 0.717) is 34.9 Å². The number of hydrogen-bond donors (Lipinski definition) is 1. The first-order valence-corrected chi connectivity index (χ1v) is 11.8. The molecule has 9 heteroatoms. The third-order valence-electron chi connectivity index (χ3n) is 5.15. The van der Waals surface area contributed by atoms with Crippen molar-refractivity contribution in [3.05, 3.63) is 81.6 Å². The molecule has 0 aliphatic carbocycles. The number of fused-ring (bicyclic) bond motifs is 1. The lowest BCUT2D eigenvalue weighted by molar-refractivity contribution is -0.128. The Hall–Kier alpha value is -2.91. The van der Waals surface area contributed by atoms with E-state index >= 15 is 0 Å². The number of nitrogens with zero attached hydrogens (tertiary/aromatic N) is 3. The molecule has 1 aliphatic heterocycles.